The van der Waals surface area contributed by atoms with E-state index in [4.69, 9.17) is 11.5 Å². The van der Waals surface area contributed by atoms with Gasteiger partial charge in [0.05, 0.1) is 0 Å². The van der Waals surface area contributed by atoms with Crippen molar-refractivity contribution in [1.82, 2.24) is 4.90 Å². The lowest BCUT2D eigenvalue weighted by Crippen LogP contribution is -2.41. The highest BCUT2D eigenvalue weighted by Gasteiger charge is 2.49. The highest BCUT2D eigenvalue weighted by Crippen LogP contribution is 2.41. The van der Waals surface area contributed by atoms with Gasteiger partial charge in [0, 0.05) is 23.6 Å². The summed E-state index contributed by atoms with van der Waals surface area (Å²) < 4.78 is 30.5. The fourth-order valence-electron chi connectivity index (χ4n) is 3.07. The van der Waals surface area contributed by atoms with Crippen LogP contribution < -0.4 is 16.2 Å². The number of likely N-dealkylation sites (N-methyl/N-ethyl adjacent to an activating group) is 1. The zero-order chi connectivity index (χ0) is 19.8. The van der Waals surface area contributed by atoms with Crippen LogP contribution >= 0.6 is 15.9 Å². The van der Waals surface area contributed by atoms with Crippen LogP contribution in [0.15, 0.2) is 51.9 Å². The van der Waals surface area contributed by atoms with Gasteiger partial charge in [-0.1, -0.05) is 34.1 Å². The zero-order valence-electron chi connectivity index (χ0n) is 14.3. The van der Waals surface area contributed by atoms with Gasteiger partial charge in [0.2, 0.25) is 0 Å². The lowest BCUT2D eigenvalue weighted by Gasteiger charge is -2.27. The summed E-state index contributed by atoms with van der Waals surface area (Å²) in [7, 11) is 1.53. The molecule has 0 aromatic heterocycles. The SMILES string of the molecule is CN1C(=O)[C@@](c2cccc(Br)c2)(c2ccc(OC(F)F)c(CN)c2)N=C1N. The Kier molecular flexibility index (Phi) is 5.16. The van der Waals surface area contributed by atoms with Crippen LogP contribution in [0.2, 0.25) is 0 Å². The maximum atomic E-state index is 13.1. The first-order chi connectivity index (χ1) is 12.8. The van der Waals surface area contributed by atoms with Gasteiger partial charge in [0.15, 0.2) is 11.5 Å². The van der Waals surface area contributed by atoms with Crippen molar-refractivity contribution in [1.29, 1.82) is 0 Å². The standard InChI is InChI=1S/C18H17BrF2N4O2/c1-25-15(26)18(24-17(25)23,11-3-2-4-13(19)8-11)12-5-6-14(27-16(20)21)10(7-12)9-22/h2-8,16H,9,22H2,1H3,(H2,23,24)/t18-/m1/s1. The summed E-state index contributed by atoms with van der Waals surface area (Å²) in [4.78, 5) is 18.9. The van der Waals surface area contributed by atoms with Gasteiger partial charge in [0.1, 0.15) is 5.75 Å². The number of nitrogens with zero attached hydrogens (tertiary/aromatic N) is 2. The smallest absolute Gasteiger partial charge is 0.387 e. The minimum Gasteiger partial charge on any atom is -0.434 e. The molecule has 4 N–H and O–H groups in total. The molecule has 0 spiro atoms. The van der Waals surface area contributed by atoms with Crippen LogP contribution in [-0.2, 0) is 16.9 Å². The van der Waals surface area contributed by atoms with Crippen molar-refractivity contribution in [2.75, 3.05) is 7.05 Å². The van der Waals surface area contributed by atoms with E-state index in [0.717, 1.165) is 4.47 Å². The van der Waals surface area contributed by atoms with Gasteiger partial charge < -0.3 is 16.2 Å². The molecule has 0 saturated carbocycles. The number of nitrogens with two attached hydrogens (primary N) is 2. The Hall–Kier alpha value is -2.52. The van der Waals surface area contributed by atoms with Crippen LogP contribution in [0.3, 0.4) is 0 Å². The maximum absolute atomic E-state index is 13.1. The van der Waals surface area contributed by atoms with Gasteiger partial charge >= 0.3 is 6.61 Å². The maximum Gasteiger partial charge on any atom is 0.387 e. The van der Waals surface area contributed by atoms with Crippen LogP contribution in [0.4, 0.5) is 8.78 Å². The average molecular weight is 439 g/mol. The fourth-order valence-corrected chi connectivity index (χ4v) is 3.47. The number of amides is 1. The molecule has 0 unspecified atom stereocenters. The predicted molar refractivity (Wildman–Crippen MR) is 100 cm³/mol. The van der Waals surface area contributed by atoms with Crippen molar-refractivity contribution < 1.29 is 18.3 Å². The summed E-state index contributed by atoms with van der Waals surface area (Å²) in [6, 6.07) is 11.5. The first-order valence-electron chi connectivity index (χ1n) is 7.97. The number of carbonyl (C=O) groups is 1. The predicted octanol–water partition coefficient (Wildman–Crippen LogP) is 2.54. The Bertz CT molecular complexity index is 922. The molecule has 0 bridgehead atoms. The molecule has 2 aromatic rings. The summed E-state index contributed by atoms with van der Waals surface area (Å²) >= 11 is 3.40. The second-order valence-electron chi connectivity index (χ2n) is 5.96. The Labute approximate surface area is 162 Å². The molecule has 1 aliphatic rings. The summed E-state index contributed by atoms with van der Waals surface area (Å²) in [5, 5.41) is 0. The van der Waals surface area contributed by atoms with E-state index in [1.807, 2.05) is 6.07 Å². The third kappa shape index (κ3) is 3.28. The fraction of sp³-hybridized carbons (Fsp3) is 0.222. The number of hydrogen-bond acceptors (Lipinski definition) is 5. The quantitative estimate of drug-likeness (QED) is 0.749. The number of rotatable bonds is 5. The van der Waals surface area contributed by atoms with Crippen LogP contribution in [0.25, 0.3) is 0 Å². The average Bonchev–Trinajstić information content (AvgIpc) is 2.86. The van der Waals surface area contributed by atoms with E-state index >= 15 is 0 Å². The number of benzene rings is 2. The summed E-state index contributed by atoms with van der Waals surface area (Å²) in [6.45, 7) is -3.03. The van der Waals surface area contributed by atoms with Gasteiger partial charge in [0.25, 0.3) is 5.91 Å². The normalized spacial score (nSPS) is 19.6. The van der Waals surface area contributed by atoms with Gasteiger partial charge in [-0.2, -0.15) is 8.78 Å². The van der Waals surface area contributed by atoms with Gasteiger partial charge in [-0.25, -0.2) is 4.99 Å². The van der Waals surface area contributed by atoms with Crippen molar-refractivity contribution in [3.63, 3.8) is 0 Å². The lowest BCUT2D eigenvalue weighted by atomic mass is 9.82. The topological polar surface area (TPSA) is 93.9 Å². The van der Waals surface area contributed by atoms with E-state index in [-0.39, 0.29) is 24.2 Å². The minimum absolute atomic E-state index is 0.0450. The third-order valence-electron chi connectivity index (χ3n) is 4.40. The Balaban J connectivity index is 2.23. The molecule has 0 radical (unpaired) electrons. The summed E-state index contributed by atoms with van der Waals surface area (Å²) in [6.07, 6.45) is 0. The second kappa shape index (κ2) is 7.24. The molecule has 1 aliphatic heterocycles. The molecule has 1 heterocycles. The Morgan fingerprint density at radius 3 is 2.52 bits per heavy atom. The molecule has 9 heteroatoms. The van der Waals surface area contributed by atoms with Crippen molar-refractivity contribution in [2.45, 2.75) is 18.7 Å². The molecular formula is C18H17BrF2N4O2. The zero-order valence-corrected chi connectivity index (χ0v) is 15.9. The van der Waals surface area contributed by atoms with Crippen molar-refractivity contribution in [3.05, 3.63) is 63.6 Å². The van der Waals surface area contributed by atoms with Gasteiger partial charge in [-0.05, 0) is 35.4 Å². The highest BCUT2D eigenvalue weighted by molar-refractivity contribution is 9.10. The summed E-state index contributed by atoms with van der Waals surface area (Å²) in [5.74, 6) is -0.345. The van der Waals surface area contributed by atoms with E-state index in [9.17, 15) is 13.6 Å². The number of carbonyl (C=O) groups excluding carboxylic acids is 1. The van der Waals surface area contributed by atoms with Crippen molar-refractivity contribution in [2.24, 2.45) is 16.5 Å². The van der Waals surface area contributed by atoms with E-state index < -0.39 is 12.2 Å². The molecule has 0 aliphatic carbocycles. The molecule has 2 aromatic carbocycles. The molecule has 1 amide bonds. The highest BCUT2D eigenvalue weighted by atomic mass is 79.9. The number of halogens is 3. The second-order valence-corrected chi connectivity index (χ2v) is 6.88. The Morgan fingerprint density at radius 1 is 1.26 bits per heavy atom. The first kappa shape index (κ1) is 19.2. The largest absolute Gasteiger partial charge is 0.434 e. The number of aliphatic imine (C=N–C) groups is 1. The number of guanidine groups is 1. The monoisotopic (exact) mass is 438 g/mol. The third-order valence-corrected chi connectivity index (χ3v) is 4.89. The van der Waals surface area contributed by atoms with Crippen LogP contribution in [0.1, 0.15) is 16.7 Å². The minimum atomic E-state index is -2.98. The number of ether oxygens (including phenoxy) is 1. The Morgan fingerprint density at radius 2 is 1.96 bits per heavy atom. The van der Waals surface area contributed by atoms with Crippen molar-refractivity contribution >= 4 is 27.8 Å². The first-order valence-corrected chi connectivity index (χ1v) is 8.76. The van der Waals surface area contributed by atoms with Gasteiger partial charge in [-0.15, -0.1) is 0 Å². The molecular weight excluding hydrogens is 422 g/mol. The van der Waals surface area contributed by atoms with E-state index in [2.05, 4.69) is 25.7 Å². The molecule has 0 fully saturated rings. The van der Waals surface area contributed by atoms with E-state index in [1.165, 1.54) is 24.1 Å². The molecule has 142 valence electrons. The number of alkyl halides is 2. The van der Waals surface area contributed by atoms with E-state index in [0.29, 0.717) is 16.7 Å². The molecule has 0 saturated heterocycles. The lowest BCUT2D eigenvalue weighted by molar-refractivity contribution is -0.129. The number of hydrogen-bond donors (Lipinski definition) is 2. The van der Waals surface area contributed by atoms with Gasteiger partial charge in [-0.3, -0.25) is 9.69 Å². The van der Waals surface area contributed by atoms with Crippen LogP contribution in [0, 0.1) is 0 Å². The molecule has 6 nitrogen and oxygen atoms in total. The van der Waals surface area contributed by atoms with E-state index in [1.54, 1.807) is 24.3 Å². The molecule has 3 rings (SSSR count). The summed E-state index contributed by atoms with van der Waals surface area (Å²) in [5.41, 5.74) is 11.6. The van der Waals surface area contributed by atoms with Crippen molar-refractivity contribution in [3.8, 4) is 5.75 Å². The van der Waals surface area contributed by atoms with Crippen LogP contribution in [0.5, 0.6) is 5.75 Å². The van der Waals surface area contributed by atoms with Crippen LogP contribution in [-0.4, -0.2) is 30.4 Å². The molecule has 1 atom stereocenters. The molecule has 27 heavy (non-hydrogen) atoms.